The third-order valence-corrected chi connectivity index (χ3v) is 5.36. The number of hydrogen-bond donors (Lipinski definition) is 2. The molecule has 1 aliphatic heterocycles. The lowest BCUT2D eigenvalue weighted by Crippen LogP contribution is -2.51. The zero-order valence-corrected chi connectivity index (χ0v) is 20.2. The Bertz CT molecular complexity index is 549. The van der Waals surface area contributed by atoms with Crippen LogP contribution in [0.2, 0.25) is 0 Å². The van der Waals surface area contributed by atoms with Crippen molar-refractivity contribution in [1.82, 2.24) is 20.4 Å². The van der Waals surface area contributed by atoms with Crippen molar-refractivity contribution in [2.24, 2.45) is 4.99 Å². The molecule has 1 saturated heterocycles. The van der Waals surface area contributed by atoms with Gasteiger partial charge in [0.05, 0.1) is 6.61 Å². The molecular weight excluding hydrogens is 465 g/mol. The summed E-state index contributed by atoms with van der Waals surface area (Å²) in [6.45, 7) is 8.16. The number of hydrogen-bond acceptors (Lipinski definition) is 4. The first-order chi connectivity index (χ1) is 13.1. The number of aliphatic imine (C=N–C) groups is 1. The Balaban J connectivity index is 0.00000392. The summed E-state index contributed by atoms with van der Waals surface area (Å²) in [5, 5.41) is 7.08. The predicted molar refractivity (Wildman–Crippen MR) is 129 cm³/mol. The number of likely N-dealkylation sites (tertiary alicyclic amines) is 1. The van der Waals surface area contributed by atoms with Gasteiger partial charge in [0, 0.05) is 59.0 Å². The average molecular weight is 503 g/mol. The van der Waals surface area contributed by atoms with Crippen molar-refractivity contribution in [1.29, 1.82) is 0 Å². The standard InChI is InChI=1S/C21H37N5O.HI/c1-18(25(3)17-19-8-6-5-7-9-19)16-23-21(22-2)24-20-10-12-26(13-11-20)14-15-27-4;/h5-9,18,20H,10-17H2,1-4H3,(H2,22,23,24);1H. The highest BCUT2D eigenvalue weighted by molar-refractivity contribution is 14.0. The molecule has 2 rings (SSSR count). The third-order valence-electron chi connectivity index (χ3n) is 5.36. The van der Waals surface area contributed by atoms with Crippen molar-refractivity contribution >= 4 is 29.9 Å². The lowest BCUT2D eigenvalue weighted by molar-refractivity contribution is 0.128. The van der Waals surface area contributed by atoms with Gasteiger partial charge in [0.15, 0.2) is 5.96 Å². The van der Waals surface area contributed by atoms with E-state index in [-0.39, 0.29) is 24.0 Å². The van der Waals surface area contributed by atoms with Crippen LogP contribution >= 0.6 is 24.0 Å². The van der Waals surface area contributed by atoms with Gasteiger partial charge in [-0.1, -0.05) is 30.3 Å². The molecule has 1 fully saturated rings. The van der Waals surface area contributed by atoms with Crippen LogP contribution in [0, 0.1) is 0 Å². The zero-order valence-electron chi connectivity index (χ0n) is 17.9. The molecule has 28 heavy (non-hydrogen) atoms. The van der Waals surface area contributed by atoms with Gasteiger partial charge in [0.1, 0.15) is 0 Å². The average Bonchev–Trinajstić information content (AvgIpc) is 2.70. The second-order valence-electron chi connectivity index (χ2n) is 7.46. The fourth-order valence-electron chi connectivity index (χ4n) is 3.34. The molecule has 0 saturated carbocycles. The van der Waals surface area contributed by atoms with E-state index in [2.05, 4.69) is 69.7 Å². The summed E-state index contributed by atoms with van der Waals surface area (Å²) in [7, 11) is 5.79. The van der Waals surface area contributed by atoms with E-state index in [9.17, 15) is 0 Å². The molecule has 160 valence electrons. The van der Waals surface area contributed by atoms with Gasteiger partial charge < -0.3 is 20.3 Å². The Hall–Kier alpha value is -0.900. The van der Waals surface area contributed by atoms with Gasteiger partial charge in [-0.05, 0) is 32.4 Å². The second kappa shape index (κ2) is 14.1. The molecule has 0 aliphatic carbocycles. The maximum Gasteiger partial charge on any atom is 0.191 e. The minimum atomic E-state index is 0. The number of methoxy groups -OCH3 is 1. The van der Waals surface area contributed by atoms with E-state index in [1.165, 1.54) is 5.56 Å². The number of ether oxygens (including phenoxy) is 1. The number of benzene rings is 1. The summed E-state index contributed by atoms with van der Waals surface area (Å²) in [5.74, 6) is 0.908. The van der Waals surface area contributed by atoms with Crippen LogP contribution in [0.3, 0.4) is 0 Å². The van der Waals surface area contributed by atoms with Crippen LogP contribution in [0.15, 0.2) is 35.3 Å². The molecule has 1 aliphatic rings. The van der Waals surface area contributed by atoms with Gasteiger partial charge >= 0.3 is 0 Å². The molecule has 0 spiro atoms. The lowest BCUT2D eigenvalue weighted by Gasteiger charge is -2.33. The molecule has 0 bridgehead atoms. The topological polar surface area (TPSA) is 52.1 Å². The van der Waals surface area contributed by atoms with Gasteiger partial charge in [-0.2, -0.15) is 0 Å². The van der Waals surface area contributed by atoms with E-state index >= 15 is 0 Å². The summed E-state index contributed by atoms with van der Waals surface area (Å²) in [4.78, 5) is 9.24. The molecule has 0 amide bonds. The van der Waals surface area contributed by atoms with Gasteiger partial charge in [-0.15, -0.1) is 24.0 Å². The van der Waals surface area contributed by atoms with Crippen molar-refractivity contribution in [3.8, 4) is 0 Å². The number of likely N-dealkylation sites (N-methyl/N-ethyl adjacent to an activating group) is 1. The number of nitrogens with zero attached hydrogens (tertiary/aromatic N) is 3. The number of guanidine groups is 1. The largest absolute Gasteiger partial charge is 0.383 e. The Morgan fingerprint density at radius 3 is 2.57 bits per heavy atom. The maximum atomic E-state index is 5.17. The first-order valence-electron chi connectivity index (χ1n) is 10.0. The third kappa shape index (κ3) is 9.07. The van der Waals surface area contributed by atoms with Crippen LogP contribution in [-0.2, 0) is 11.3 Å². The molecule has 1 atom stereocenters. The maximum absolute atomic E-state index is 5.17. The van der Waals surface area contributed by atoms with Gasteiger partial charge in [-0.25, -0.2) is 0 Å². The monoisotopic (exact) mass is 503 g/mol. The van der Waals surface area contributed by atoms with Crippen molar-refractivity contribution < 1.29 is 4.74 Å². The summed E-state index contributed by atoms with van der Waals surface area (Å²) in [6, 6.07) is 11.5. The van der Waals surface area contributed by atoms with E-state index in [1.54, 1.807) is 7.11 Å². The summed E-state index contributed by atoms with van der Waals surface area (Å²) < 4.78 is 5.17. The Morgan fingerprint density at radius 2 is 1.96 bits per heavy atom. The highest BCUT2D eigenvalue weighted by Crippen LogP contribution is 2.10. The van der Waals surface area contributed by atoms with Crippen LogP contribution in [0.25, 0.3) is 0 Å². The molecule has 0 aromatic heterocycles. The lowest BCUT2D eigenvalue weighted by atomic mass is 10.1. The van der Waals surface area contributed by atoms with Crippen LogP contribution in [0.4, 0.5) is 0 Å². The Kier molecular flexibility index (Phi) is 12.7. The number of piperidine rings is 1. The second-order valence-corrected chi connectivity index (χ2v) is 7.46. The van der Waals surface area contributed by atoms with Crippen molar-refractivity contribution in [2.45, 2.75) is 38.4 Å². The van der Waals surface area contributed by atoms with Crippen LogP contribution in [-0.4, -0.2) is 81.8 Å². The molecular formula is C21H38IN5O. The first kappa shape index (κ1) is 25.1. The predicted octanol–water partition coefficient (Wildman–Crippen LogP) is 2.40. The van der Waals surface area contributed by atoms with E-state index in [0.717, 1.165) is 58.1 Å². The minimum absolute atomic E-state index is 0. The SMILES string of the molecule is CN=C(NCC(C)N(C)Cc1ccccc1)NC1CCN(CCOC)CC1.I. The molecule has 1 unspecified atom stereocenters. The molecule has 1 heterocycles. The number of halogens is 1. The molecule has 6 nitrogen and oxygen atoms in total. The first-order valence-corrected chi connectivity index (χ1v) is 10.0. The molecule has 7 heteroatoms. The molecule has 1 aromatic carbocycles. The highest BCUT2D eigenvalue weighted by Gasteiger charge is 2.20. The van der Waals surface area contributed by atoms with Crippen molar-refractivity contribution in [2.75, 3.05) is 54.0 Å². The molecule has 1 aromatic rings. The van der Waals surface area contributed by atoms with Crippen LogP contribution in [0.5, 0.6) is 0 Å². The summed E-state index contributed by atoms with van der Waals surface area (Å²) in [5.41, 5.74) is 1.34. The molecule has 2 N–H and O–H groups in total. The zero-order chi connectivity index (χ0) is 19.5. The van der Waals surface area contributed by atoms with Gasteiger partial charge in [0.25, 0.3) is 0 Å². The van der Waals surface area contributed by atoms with Gasteiger partial charge in [-0.3, -0.25) is 9.89 Å². The van der Waals surface area contributed by atoms with Crippen LogP contribution < -0.4 is 10.6 Å². The number of rotatable bonds is 9. The Morgan fingerprint density at radius 1 is 1.29 bits per heavy atom. The molecule has 0 radical (unpaired) electrons. The van der Waals surface area contributed by atoms with E-state index in [1.807, 2.05) is 7.05 Å². The summed E-state index contributed by atoms with van der Waals surface area (Å²) in [6.07, 6.45) is 2.29. The Labute approximate surface area is 188 Å². The smallest absolute Gasteiger partial charge is 0.191 e. The number of nitrogens with one attached hydrogen (secondary N) is 2. The van der Waals surface area contributed by atoms with E-state index in [0.29, 0.717) is 12.1 Å². The van der Waals surface area contributed by atoms with Crippen LogP contribution in [0.1, 0.15) is 25.3 Å². The van der Waals surface area contributed by atoms with Crippen molar-refractivity contribution in [3.05, 3.63) is 35.9 Å². The minimum Gasteiger partial charge on any atom is -0.383 e. The van der Waals surface area contributed by atoms with E-state index < -0.39 is 0 Å². The fourth-order valence-corrected chi connectivity index (χ4v) is 3.34. The quantitative estimate of drug-likeness (QED) is 0.308. The van der Waals surface area contributed by atoms with E-state index in [4.69, 9.17) is 4.74 Å². The van der Waals surface area contributed by atoms with Crippen molar-refractivity contribution in [3.63, 3.8) is 0 Å². The highest BCUT2D eigenvalue weighted by atomic mass is 127. The summed E-state index contributed by atoms with van der Waals surface area (Å²) >= 11 is 0. The normalized spacial score (nSPS) is 17.2. The van der Waals surface area contributed by atoms with Gasteiger partial charge in [0.2, 0.25) is 0 Å². The fraction of sp³-hybridized carbons (Fsp3) is 0.667.